The molecule has 5 heteroatoms. The summed E-state index contributed by atoms with van der Waals surface area (Å²) < 4.78 is 15.6. The van der Waals surface area contributed by atoms with Crippen LogP contribution in [0.2, 0.25) is 0 Å². The largest absolute Gasteiger partial charge is 0.305 e. The molecule has 3 heterocycles. The van der Waals surface area contributed by atoms with Crippen molar-refractivity contribution in [1.82, 2.24) is 14.4 Å². The lowest BCUT2D eigenvalue weighted by atomic mass is 9.59. The van der Waals surface area contributed by atoms with E-state index in [4.69, 9.17) is 0 Å². The van der Waals surface area contributed by atoms with Crippen LogP contribution in [0.15, 0.2) is 67.3 Å². The topological polar surface area (TPSA) is 47.3 Å². The van der Waals surface area contributed by atoms with Crippen LogP contribution in [0.3, 0.4) is 0 Å². The molecule has 1 aromatic carbocycles. The zero-order chi connectivity index (χ0) is 22.4. The molecule has 0 aliphatic heterocycles. The fourth-order valence-corrected chi connectivity index (χ4v) is 6.13. The number of hydrogen-bond donors (Lipinski definition) is 0. The van der Waals surface area contributed by atoms with E-state index in [1.807, 2.05) is 24.7 Å². The maximum absolute atomic E-state index is 13.5. The van der Waals surface area contributed by atoms with E-state index < -0.39 is 0 Å². The minimum atomic E-state index is -0.245. The van der Waals surface area contributed by atoms with E-state index in [9.17, 15) is 9.18 Å². The van der Waals surface area contributed by atoms with Crippen molar-refractivity contribution in [3.8, 4) is 11.3 Å². The van der Waals surface area contributed by atoms with Gasteiger partial charge in [0, 0.05) is 41.9 Å². The van der Waals surface area contributed by atoms with Gasteiger partial charge in [0.05, 0.1) is 17.5 Å². The highest BCUT2D eigenvalue weighted by atomic mass is 19.1. The van der Waals surface area contributed by atoms with Crippen molar-refractivity contribution in [2.24, 2.45) is 5.92 Å². The number of hydrogen-bond acceptors (Lipinski definition) is 3. The Bertz CT molecular complexity index is 1330. The Hall–Kier alpha value is -3.34. The highest BCUT2D eigenvalue weighted by Gasteiger charge is 2.47. The van der Waals surface area contributed by atoms with E-state index in [0.717, 1.165) is 54.6 Å². The molecular formula is C28H26FN3O. The van der Waals surface area contributed by atoms with Crippen molar-refractivity contribution in [3.05, 3.63) is 89.9 Å². The minimum Gasteiger partial charge on any atom is -0.305 e. The Kier molecular flexibility index (Phi) is 4.86. The SMILES string of the molecule is O=C1CC[C@@]2(Cc3ccccn3)c3cn4cnc(-c5ccc(F)cc5)c4cc3CCC[C@@H]2C1. The number of Topliss-reactive ketones (excluding diaryl/α,β-unsaturated/α-hetero) is 1. The van der Waals surface area contributed by atoms with E-state index in [-0.39, 0.29) is 11.2 Å². The van der Waals surface area contributed by atoms with E-state index in [2.05, 4.69) is 32.7 Å². The van der Waals surface area contributed by atoms with Crippen molar-refractivity contribution in [2.45, 2.75) is 50.4 Å². The maximum Gasteiger partial charge on any atom is 0.133 e. The summed E-state index contributed by atoms with van der Waals surface area (Å²) in [5.74, 6) is 0.479. The third kappa shape index (κ3) is 3.47. The molecule has 0 unspecified atom stereocenters. The van der Waals surface area contributed by atoms with Crippen molar-refractivity contribution < 1.29 is 9.18 Å². The molecule has 2 aliphatic carbocycles. The number of pyridine rings is 2. The van der Waals surface area contributed by atoms with Crippen molar-refractivity contribution in [1.29, 1.82) is 0 Å². The lowest BCUT2D eigenvalue weighted by Gasteiger charge is -2.44. The zero-order valence-corrected chi connectivity index (χ0v) is 18.5. The number of halogens is 1. The Morgan fingerprint density at radius 2 is 1.97 bits per heavy atom. The number of aromatic nitrogens is 3. The van der Waals surface area contributed by atoms with Gasteiger partial charge in [0.15, 0.2) is 0 Å². The number of ketones is 1. The predicted molar refractivity (Wildman–Crippen MR) is 125 cm³/mol. The van der Waals surface area contributed by atoms with Gasteiger partial charge in [-0.15, -0.1) is 0 Å². The van der Waals surface area contributed by atoms with E-state index in [1.54, 1.807) is 12.1 Å². The van der Waals surface area contributed by atoms with Gasteiger partial charge in [-0.3, -0.25) is 9.78 Å². The van der Waals surface area contributed by atoms with Crippen LogP contribution in [-0.4, -0.2) is 20.2 Å². The zero-order valence-electron chi connectivity index (χ0n) is 18.5. The van der Waals surface area contributed by atoms with Crippen molar-refractivity contribution in [3.63, 3.8) is 0 Å². The summed E-state index contributed by atoms with van der Waals surface area (Å²) in [4.78, 5) is 21.8. The molecule has 166 valence electrons. The first-order valence-electron chi connectivity index (χ1n) is 11.8. The normalized spacial score (nSPS) is 22.6. The summed E-state index contributed by atoms with van der Waals surface area (Å²) in [5, 5.41) is 0. The Morgan fingerprint density at radius 3 is 2.79 bits per heavy atom. The summed E-state index contributed by atoms with van der Waals surface area (Å²) in [5.41, 5.74) is 6.51. The van der Waals surface area contributed by atoms with E-state index >= 15 is 0 Å². The van der Waals surface area contributed by atoms with Gasteiger partial charge >= 0.3 is 0 Å². The van der Waals surface area contributed by atoms with Crippen LogP contribution in [-0.2, 0) is 23.1 Å². The molecule has 4 nitrogen and oxygen atoms in total. The summed E-state index contributed by atoms with van der Waals surface area (Å²) in [6.07, 6.45) is 12.1. The maximum atomic E-state index is 13.5. The molecule has 6 rings (SSSR count). The molecule has 33 heavy (non-hydrogen) atoms. The summed E-state index contributed by atoms with van der Waals surface area (Å²) in [6, 6.07) is 14.9. The third-order valence-corrected chi connectivity index (χ3v) is 7.74. The van der Waals surface area contributed by atoms with Crippen LogP contribution >= 0.6 is 0 Å². The van der Waals surface area contributed by atoms with E-state index in [1.165, 1.54) is 23.3 Å². The predicted octanol–water partition coefficient (Wildman–Crippen LogP) is 5.72. The molecule has 0 spiro atoms. The van der Waals surface area contributed by atoms with Crippen molar-refractivity contribution in [2.75, 3.05) is 0 Å². The van der Waals surface area contributed by atoms with Gasteiger partial charge < -0.3 is 4.40 Å². The highest BCUT2D eigenvalue weighted by Crippen LogP contribution is 2.50. The molecule has 0 amide bonds. The van der Waals surface area contributed by atoms with Gasteiger partial charge in [-0.25, -0.2) is 9.37 Å². The van der Waals surface area contributed by atoms with Gasteiger partial charge in [0.1, 0.15) is 11.6 Å². The van der Waals surface area contributed by atoms with Crippen LogP contribution in [0.5, 0.6) is 0 Å². The monoisotopic (exact) mass is 439 g/mol. The fourth-order valence-electron chi connectivity index (χ4n) is 6.13. The Labute approximate surface area is 192 Å². The highest BCUT2D eigenvalue weighted by molar-refractivity contribution is 5.81. The lowest BCUT2D eigenvalue weighted by molar-refractivity contribution is -0.123. The molecule has 1 saturated carbocycles. The Morgan fingerprint density at radius 1 is 1.09 bits per heavy atom. The van der Waals surface area contributed by atoms with Crippen LogP contribution in [0.1, 0.15) is 48.9 Å². The molecule has 2 atom stereocenters. The molecule has 1 fully saturated rings. The molecule has 3 aromatic heterocycles. The molecule has 0 saturated heterocycles. The van der Waals surface area contributed by atoms with Crippen LogP contribution in [0, 0.1) is 11.7 Å². The number of carbonyl (C=O) groups is 1. The molecule has 0 radical (unpaired) electrons. The van der Waals surface area contributed by atoms with Crippen LogP contribution in [0.4, 0.5) is 4.39 Å². The second-order valence-corrected chi connectivity index (χ2v) is 9.59. The number of nitrogens with zero attached hydrogens (tertiary/aromatic N) is 3. The minimum absolute atomic E-state index is 0.0946. The first kappa shape index (κ1) is 20.3. The molecule has 2 aliphatic rings. The average Bonchev–Trinajstić information content (AvgIpc) is 3.18. The number of benzene rings is 1. The first-order chi connectivity index (χ1) is 16.1. The van der Waals surface area contributed by atoms with Crippen LogP contribution in [0.25, 0.3) is 16.8 Å². The molecule has 4 aromatic rings. The lowest BCUT2D eigenvalue weighted by Crippen LogP contribution is -2.43. The standard InChI is InChI=1S/C28H26FN3O/c29-22-9-7-19(8-10-22)27-26-14-20-4-3-5-21-15-24(33)11-12-28(21,16-23-6-1-2-13-30-23)25(20)17-32(26)18-31-27/h1-2,6-10,13-14,17-18,21H,3-5,11-12,15-16H2/t21-,28+/m1/s1. The summed E-state index contributed by atoms with van der Waals surface area (Å²) in [6.45, 7) is 0. The average molecular weight is 440 g/mol. The molecular weight excluding hydrogens is 413 g/mol. The van der Waals surface area contributed by atoms with Crippen LogP contribution < -0.4 is 0 Å². The number of fused-ring (bicyclic) bond motifs is 4. The third-order valence-electron chi connectivity index (χ3n) is 7.74. The van der Waals surface area contributed by atoms with Gasteiger partial charge in [-0.05, 0) is 91.6 Å². The number of imidazole rings is 1. The van der Waals surface area contributed by atoms with Gasteiger partial charge in [0.2, 0.25) is 0 Å². The second kappa shape index (κ2) is 7.91. The van der Waals surface area contributed by atoms with E-state index in [0.29, 0.717) is 24.5 Å². The fraction of sp³-hybridized carbons (Fsp3) is 0.321. The smallest absolute Gasteiger partial charge is 0.133 e. The van der Waals surface area contributed by atoms with Crippen molar-refractivity contribution >= 4 is 11.3 Å². The summed E-state index contributed by atoms with van der Waals surface area (Å²) >= 11 is 0. The first-order valence-corrected chi connectivity index (χ1v) is 11.8. The summed E-state index contributed by atoms with van der Waals surface area (Å²) in [7, 11) is 0. The quantitative estimate of drug-likeness (QED) is 0.410. The van der Waals surface area contributed by atoms with Gasteiger partial charge in [0.25, 0.3) is 0 Å². The number of rotatable bonds is 3. The molecule has 0 N–H and O–H groups in total. The Balaban J connectivity index is 1.52. The number of carbonyl (C=O) groups excluding carboxylic acids is 1. The molecule has 0 bridgehead atoms. The van der Waals surface area contributed by atoms with Gasteiger partial charge in [-0.1, -0.05) is 6.07 Å². The van der Waals surface area contributed by atoms with Gasteiger partial charge in [-0.2, -0.15) is 0 Å². The second-order valence-electron chi connectivity index (χ2n) is 9.59. The number of aryl methyl sites for hydroxylation is 1.